The summed E-state index contributed by atoms with van der Waals surface area (Å²) in [5, 5.41) is 0.357. The summed E-state index contributed by atoms with van der Waals surface area (Å²) in [5.74, 6) is 0.283. The fourth-order valence-corrected chi connectivity index (χ4v) is 2.36. The molecule has 0 aliphatic carbocycles. The van der Waals surface area contributed by atoms with Gasteiger partial charge in [0.2, 0.25) is 5.91 Å². The Bertz CT molecular complexity index is 441. The number of rotatable bonds is 2. The Morgan fingerprint density at radius 1 is 1.44 bits per heavy atom. The molecule has 1 heterocycles. The van der Waals surface area contributed by atoms with Gasteiger partial charge in [0.25, 0.3) is 0 Å². The van der Waals surface area contributed by atoms with Crippen LogP contribution in [0.5, 0.6) is 0 Å². The largest absolute Gasteiger partial charge is 0.342 e. The SMILES string of the molecule is CC1CCN(C(=O)Cc2ccc(Cl)cc2F)CC1. The summed E-state index contributed by atoms with van der Waals surface area (Å²) in [6.07, 6.45) is 2.20. The minimum Gasteiger partial charge on any atom is -0.342 e. The lowest BCUT2D eigenvalue weighted by Gasteiger charge is -2.30. The topological polar surface area (TPSA) is 20.3 Å². The number of benzene rings is 1. The van der Waals surface area contributed by atoms with Gasteiger partial charge in [-0.15, -0.1) is 0 Å². The maximum absolute atomic E-state index is 13.6. The molecule has 0 bridgehead atoms. The van der Waals surface area contributed by atoms with E-state index in [1.54, 1.807) is 12.1 Å². The van der Waals surface area contributed by atoms with E-state index in [0.717, 1.165) is 25.9 Å². The van der Waals surface area contributed by atoms with E-state index in [-0.39, 0.29) is 12.3 Å². The van der Waals surface area contributed by atoms with Gasteiger partial charge >= 0.3 is 0 Å². The van der Waals surface area contributed by atoms with E-state index in [0.29, 0.717) is 16.5 Å². The summed E-state index contributed by atoms with van der Waals surface area (Å²) in [6, 6.07) is 4.45. The van der Waals surface area contributed by atoms with Crippen molar-refractivity contribution in [2.24, 2.45) is 5.92 Å². The molecule has 4 heteroatoms. The van der Waals surface area contributed by atoms with Crippen LogP contribution >= 0.6 is 11.6 Å². The first-order valence-electron chi connectivity index (χ1n) is 6.28. The van der Waals surface area contributed by atoms with Crippen LogP contribution in [0.1, 0.15) is 25.3 Å². The predicted molar refractivity (Wildman–Crippen MR) is 70.1 cm³/mol. The molecular formula is C14H17ClFNO. The third-order valence-corrected chi connectivity index (χ3v) is 3.73. The van der Waals surface area contributed by atoms with Crippen LogP contribution in [0.3, 0.4) is 0 Å². The number of piperidine rings is 1. The molecule has 0 radical (unpaired) electrons. The Morgan fingerprint density at radius 2 is 2.11 bits per heavy atom. The van der Waals surface area contributed by atoms with Crippen LogP contribution in [-0.4, -0.2) is 23.9 Å². The number of carbonyl (C=O) groups excluding carboxylic acids is 1. The molecule has 1 aromatic rings. The lowest BCUT2D eigenvalue weighted by atomic mass is 9.98. The molecule has 0 N–H and O–H groups in total. The molecule has 2 nitrogen and oxygen atoms in total. The second kappa shape index (κ2) is 5.70. The number of likely N-dealkylation sites (tertiary alicyclic amines) is 1. The van der Waals surface area contributed by atoms with E-state index < -0.39 is 5.82 Å². The van der Waals surface area contributed by atoms with Gasteiger partial charge in [-0.05, 0) is 36.5 Å². The molecule has 1 amide bonds. The number of halogens is 2. The summed E-state index contributed by atoms with van der Waals surface area (Å²) in [6.45, 7) is 3.77. The predicted octanol–water partition coefficient (Wildman–Crippen LogP) is 3.28. The van der Waals surface area contributed by atoms with Gasteiger partial charge in [-0.3, -0.25) is 4.79 Å². The van der Waals surface area contributed by atoms with E-state index in [1.807, 2.05) is 4.90 Å². The number of nitrogens with zero attached hydrogens (tertiary/aromatic N) is 1. The third kappa shape index (κ3) is 3.22. The monoisotopic (exact) mass is 269 g/mol. The number of carbonyl (C=O) groups is 1. The molecule has 0 aromatic heterocycles. The van der Waals surface area contributed by atoms with Crippen LogP contribution in [0.25, 0.3) is 0 Å². The van der Waals surface area contributed by atoms with Gasteiger partial charge in [0.05, 0.1) is 6.42 Å². The molecule has 1 fully saturated rings. The van der Waals surface area contributed by atoms with E-state index in [2.05, 4.69) is 6.92 Å². The van der Waals surface area contributed by atoms with E-state index in [9.17, 15) is 9.18 Å². The van der Waals surface area contributed by atoms with Crippen molar-refractivity contribution < 1.29 is 9.18 Å². The van der Waals surface area contributed by atoms with Gasteiger partial charge in [0, 0.05) is 18.1 Å². The van der Waals surface area contributed by atoms with Crippen molar-refractivity contribution in [2.75, 3.05) is 13.1 Å². The quantitative estimate of drug-likeness (QED) is 0.807. The Labute approximate surface area is 112 Å². The molecule has 1 aliphatic heterocycles. The highest BCUT2D eigenvalue weighted by atomic mass is 35.5. The van der Waals surface area contributed by atoms with Crippen LogP contribution in [0.2, 0.25) is 5.02 Å². The zero-order chi connectivity index (χ0) is 13.1. The van der Waals surface area contributed by atoms with E-state index in [4.69, 9.17) is 11.6 Å². The summed E-state index contributed by atoms with van der Waals surface area (Å²) >= 11 is 5.68. The number of hydrogen-bond donors (Lipinski definition) is 0. The van der Waals surface area contributed by atoms with E-state index >= 15 is 0 Å². The van der Waals surface area contributed by atoms with Gasteiger partial charge < -0.3 is 4.90 Å². The Balaban J connectivity index is 1.98. The van der Waals surface area contributed by atoms with Gasteiger partial charge in [-0.2, -0.15) is 0 Å². The molecule has 18 heavy (non-hydrogen) atoms. The van der Waals surface area contributed by atoms with Crippen molar-refractivity contribution >= 4 is 17.5 Å². The van der Waals surface area contributed by atoms with Crippen molar-refractivity contribution in [1.82, 2.24) is 4.90 Å². The van der Waals surface area contributed by atoms with Gasteiger partial charge in [0.15, 0.2) is 0 Å². The molecule has 1 aromatic carbocycles. The standard InChI is InChI=1S/C14H17ClFNO/c1-10-4-6-17(7-5-10)14(18)8-11-2-3-12(15)9-13(11)16/h2-3,9-10H,4-8H2,1H3. The molecule has 2 rings (SSSR count). The van der Waals surface area contributed by atoms with E-state index in [1.165, 1.54) is 6.07 Å². The molecule has 0 saturated carbocycles. The summed E-state index contributed by atoms with van der Waals surface area (Å²) in [4.78, 5) is 13.9. The molecule has 0 unspecified atom stereocenters. The Morgan fingerprint density at radius 3 is 2.72 bits per heavy atom. The second-order valence-corrected chi connectivity index (χ2v) is 5.41. The molecule has 0 spiro atoms. The Hall–Kier alpha value is -1.09. The third-order valence-electron chi connectivity index (χ3n) is 3.49. The lowest BCUT2D eigenvalue weighted by molar-refractivity contribution is -0.131. The van der Waals surface area contributed by atoms with Crippen molar-refractivity contribution in [2.45, 2.75) is 26.2 Å². The smallest absolute Gasteiger partial charge is 0.227 e. The number of amides is 1. The van der Waals surface area contributed by atoms with Crippen LogP contribution in [0.15, 0.2) is 18.2 Å². The molecule has 1 aliphatic rings. The van der Waals surface area contributed by atoms with Crippen LogP contribution < -0.4 is 0 Å². The minimum absolute atomic E-state index is 0.00289. The highest BCUT2D eigenvalue weighted by molar-refractivity contribution is 6.30. The average Bonchev–Trinajstić information content (AvgIpc) is 2.33. The summed E-state index contributed by atoms with van der Waals surface area (Å²) < 4.78 is 13.6. The summed E-state index contributed by atoms with van der Waals surface area (Å²) in [5.41, 5.74) is 0.419. The lowest BCUT2D eigenvalue weighted by Crippen LogP contribution is -2.38. The van der Waals surface area contributed by atoms with Crippen molar-refractivity contribution in [1.29, 1.82) is 0 Å². The fourth-order valence-electron chi connectivity index (χ4n) is 2.20. The fraction of sp³-hybridized carbons (Fsp3) is 0.500. The minimum atomic E-state index is -0.402. The maximum atomic E-state index is 13.6. The van der Waals surface area contributed by atoms with Crippen molar-refractivity contribution in [3.63, 3.8) is 0 Å². The van der Waals surface area contributed by atoms with Gasteiger partial charge in [-0.1, -0.05) is 24.6 Å². The highest BCUT2D eigenvalue weighted by Gasteiger charge is 2.21. The molecule has 0 atom stereocenters. The molecular weight excluding hydrogens is 253 g/mol. The summed E-state index contributed by atoms with van der Waals surface area (Å²) in [7, 11) is 0. The average molecular weight is 270 g/mol. The van der Waals surface area contributed by atoms with Crippen LogP contribution in [-0.2, 0) is 11.2 Å². The molecule has 98 valence electrons. The van der Waals surface area contributed by atoms with Gasteiger partial charge in [0.1, 0.15) is 5.82 Å². The van der Waals surface area contributed by atoms with Gasteiger partial charge in [-0.25, -0.2) is 4.39 Å². The first-order chi connectivity index (χ1) is 8.56. The molecule has 1 saturated heterocycles. The zero-order valence-electron chi connectivity index (χ0n) is 10.5. The zero-order valence-corrected chi connectivity index (χ0v) is 11.2. The highest BCUT2D eigenvalue weighted by Crippen LogP contribution is 2.19. The Kier molecular flexibility index (Phi) is 4.23. The normalized spacial score (nSPS) is 16.9. The second-order valence-electron chi connectivity index (χ2n) is 4.98. The van der Waals surface area contributed by atoms with Crippen LogP contribution in [0, 0.1) is 11.7 Å². The first kappa shape index (κ1) is 13.3. The van der Waals surface area contributed by atoms with Crippen molar-refractivity contribution in [3.05, 3.63) is 34.6 Å². The number of hydrogen-bond acceptors (Lipinski definition) is 1. The van der Waals surface area contributed by atoms with Crippen molar-refractivity contribution in [3.8, 4) is 0 Å². The van der Waals surface area contributed by atoms with Crippen LogP contribution in [0.4, 0.5) is 4.39 Å². The maximum Gasteiger partial charge on any atom is 0.227 e. The first-order valence-corrected chi connectivity index (χ1v) is 6.66.